The Balaban J connectivity index is 1.51. The third-order valence-corrected chi connectivity index (χ3v) is 5.36. The molecule has 1 saturated heterocycles. The molecule has 27 heavy (non-hydrogen) atoms. The van der Waals surface area contributed by atoms with Crippen molar-refractivity contribution >= 4 is 0 Å². The Bertz CT molecular complexity index is 723. The number of rotatable bonds is 9. The lowest BCUT2D eigenvalue weighted by atomic mass is 9.99. The quantitative estimate of drug-likeness (QED) is 0.689. The highest BCUT2D eigenvalue weighted by molar-refractivity contribution is 5.62. The summed E-state index contributed by atoms with van der Waals surface area (Å²) in [7, 11) is 0. The Kier molecular flexibility index (Phi) is 7.44. The van der Waals surface area contributed by atoms with Crippen LogP contribution < -0.4 is 5.32 Å². The molecule has 1 N–H and O–H groups in total. The average Bonchev–Trinajstić information content (AvgIpc) is 3.11. The molecule has 0 radical (unpaired) electrons. The summed E-state index contributed by atoms with van der Waals surface area (Å²) in [6, 6.07) is 12.5. The van der Waals surface area contributed by atoms with Gasteiger partial charge in [0.25, 0.3) is 0 Å². The lowest BCUT2D eigenvalue weighted by Gasteiger charge is -2.30. The molecular weight excluding hydrogens is 334 g/mol. The highest BCUT2D eigenvalue weighted by Crippen LogP contribution is 2.22. The maximum Gasteiger partial charge on any atom is 0.0968 e. The van der Waals surface area contributed by atoms with E-state index in [4.69, 9.17) is 10.4 Å². The number of aryl methyl sites for hydroxylation is 1. The van der Waals surface area contributed by atoms with Gasteiger partial charge in [-0.3, -0.25) is 4.68 Å². The van der Waals surface area contributed by atoms with Gasteiger partial charge in [0.15, 0.2) is 0 Å². The molecule has 5 heteroatoms. The summed E-state index contributed by atoms with van der Waals surface area (Å²) in [4.78, 5) is 2.59. The smallest absolute Gasteiger partial charge is 0.0968 e. The van der Waals surface area contributed by atoms with E-state index in [9.17, 15) is 0 Å². The van der Waals surface area contributed by atoms with Gasteiger partial charge in [-0.25, -0.2) is 0 Å². The third-order valence-electron chi connectivity index (χ3n) is 5.36. The number of hydrogen-bond donors (Lipinski definition) is 1. The molecule has 1 fully saturated rings. The van der Waals surface area contributed by atoms with E-state index >= 15 is 0 Å². The second kappa shape index (κ2) is 10.2. The Morgan fingerprint density at radius 1 is 1.19 bits per heavy atom. The molecule has 0 unspecified atom stereocenters. The lowest BCUT2D eigenvalue weighted by Crippen LogP contribution is -2.34. The summed E-state index contributed by atoms with van der Waals surface area (Å²) < 4.78 is 1.90. The van der Waals surface area contributed by atoms with Crippen LogP contribution in [-0.2, 0) is 13.1 Å². The molecule has 0 aliphatic carbocycles. The number of nitriles is 1. The van der Waals surface area contributed by atoms with Crippen LogP contribution in [0.3, 0.4) is 0 Å². The van der Waals surface area contributed by atoms with E-state index in [1.54, 1.807) is 0 Å². The normalized spacial score (nSPS) is 15.7. The van der Waals surface area contributed by atoms with Gasteiger partial charge in [-0.1, -0.05) is 37.3 Å². The molecule has 3 rings (SSSR count). The molecule has 1 aromatic heterocycles. The van der Waals surface area contributed by atoms with Crippen molar-refractivity contribution in [3.05, 3.63) is 42.1 Å². The lowest BCUT2D eigenvalue weighted by molar-refractivity contribution is 0.190. The average molecular weight is 366 g/mol. The van der Waals surface area contributed by atoms with Gasteiger partial charge in [0.05, 0.1) is 24.7 Å². The molecule has 0 amide bonds. The van der Waals surface area contributed by atoms with Gasteiger partial charge in [-0.15, -0.1) is 0 Å². The first-order valence-electron chi connectivity index (χ1n) is 10.2. The summed E-state index contributed by atoms with van der Waals surface area (Å²) >= 11 is 0. The van der Waals surface area contributed by atoms with Crippen molar-refractivity contribution in [2.75, 3.05) is 26.2 Å². The number of hydrogen-bond acceptors (Lipinski definition) is 4. The molecule has 0 saturated carbocycles. The highest BCUT2D eigenvalue weighted by Gasteiger charge is 2.15. The molecule has 2 heterocycles. The van der Waals surface area contributed by atoms with E-state index in [2.05, 4.69) is 41.5 Å². The summed E-state index contributed by atoms with van der Waals surface area (Å²) in [5.41, 5.74) is 3.35. The summed E-state index contributed by atoms with van der Waals surface area (Å²) in [5, 5.41) is 17.1. The monoisotopic (exact) mass is 365 g/mol. The van der Waals surface area contributed by atoms with Gasteiger partial charge in [-0.2, -0.15) is 10.4 Å². The van der Waals surface area contributed by atoms with Crippen molar-refractivity contribution in [2.45, 2.75) is 45.7 Å². The molecule has 144 valence electrons. The summed E-state index contributed by atoms with van der Waals surface area (Å²) in [6.07, 6.45) is 6.43. The largest absolute Gasteiger partial charge is 0.312 e. The van der Waals surface area contributed by atoms with Gasteiger partial charge in [0, 0.05) is 23.9 Å². The molecular formula is C22H31N5. The van der Waals surface area contributed by atoms with Crippen molar-refractivity contribution in [1.29, 1.82) is 5.26 Å². The van der Waals surface area contributed by atoms with Crippen LogP contribution in [0, 0.1) is 17.2 Å². The fraction of sp³-hybridized carbons (Fsp3) is 0.545. The zero-order valence-electron chi connectivity index (χ0n) is 16.4. The standard InChI is InChI=1S/C22H31N5/c1-19-9-15-26(16-10-19)13-6-12-24-17-21-18-27(14-5-11-23)25-22(21)20-7-3-2-4-8-20/h2-4,7-8,18-19,24H,5-6,9-10,12-17H2,1H3. The van der Waals surface area contributed by atoms with Crippen LogP contribution in [0.25, 0.3) is 11.3 Å². The van der Waals surface area contributed by atoms with E-state index in [0.29, 0.717) is 13.0 Å². The Hall–Kier alpha value is -2.16. The second-order valence-electron chi connectivity index (χ2n) is 7.59. The fourth-order valence-electron chi connectivity index (χ4n) is 3.65. The van der Waals surface area contributed by atoms with E-state index < -0.39 is 0 Å². The fourth-order valence-corrected chi connectivity index (χ4v) is 3.65. The molecule has 0 spiro atoms. The summed E-state index contributed by atoms with van der Waals surface area (Å²) in [5.74, 6) is 0.897. The van der Waals surface area contributed by atoms with Gasteiger partial charge in [0.1, 0.15) is 0 Å². The molecule has 5 nitrogen and oxygen atoms in total. The van der Waals surface area contributed by atoms with Crippen molar-refractivity contribution in [3.63, 3.8) is 0 Å². The van der Waals surface area contributed by atoms with Crippen LogP contribution in [0.5, 0.6) is 0 Å². The van der Waals surface area contributed by atoms with Gasteiger partial charge in [-0.05, 0) is 51.4 Å². The maximum absolute atomic E-state index is 8.84. The van der Waals surface area contributed by atoms with Gasteiger partial charge < -0.3 is 10.2 Å². The van der Waals surface area contributed by atoms with Crippen LogP contribution in [-0.4, -0.2) is 40.9 Å². The Labute approximate surface area is 163 Å². The number of nitrogens with one attached hydrogen (secondary N) is 1. The molecule has 2 aromatic rings. The van der Waals surface area contributed by atoms with Crippen LogP contribution in [0.15, 0.2) is 36.5 Å². The number of nitrogens with zero attached hydrogens (tertiary/aromatic N) is 4. The topological polar surface area (TPSA) is 56.9 Å². The molecule has 0 bridgehead atoms. The van der Waals surface area contributed by atoms with Crippen LogP contribution in [0.1, 0.15) is 38.2 Å². The van der Waals surface area contributed by atoms with Crippen LogP contribution in [0.2, 0.25) is 0 Å². The van der Waals surface area contributed by atoms with Crippen molar-refractivity contribution < 1.29 is 0 Å². The zero-order valence-corrected chi connectivity index (χ0v) is 16.4. The van der Waals surface area contributed by atoms with Gasteiger partial charge >= 0.3 is 0 Å². The molecule has 0 atom stereocenters. The van der Waals surface area contributed by atoms with E-state index in [1.807, 2.05) is 22.9 Å². The SMILES string of the molecule is CC1CCN(CCCNCc2cn(CCC#N)nc2-c2ccccc2)CC1. The van der Waals surface area contributed by atoms with Crippen LogP contribution in [0.4, 0.5) is 0 Å². The predicted molar refractivity (Wildman–Crippen MR) is 109 cm³/mol. The molecule has 1 aliphatic heterocycles. The first-order chi connectivity index (χ1) is 13.3. The number of benzene rings is 1. The third kappa shape index (κ3) is 5.92. The highest BCUT2D eigenvalue weighted by atomic mass is 15.3. The van der Waals surface area contributed by atoms with Crippen LogP contribution >= 0.6 is 0 Å². The number of aromatic nitrogens is 2. The second-order valence-corrected chi connectivity index (χ2v) is 7.59. The minimum Gasteiger partial charge on any atom is -0.312 e. The van der Waals surface area contributed by atoms with Crippen molar-refractivity contribution in [3.8, 4) is 17.3 Å². The van der Waals surface area contributed by atoms with Crippen molar-refractivity contribution in [2.24, 2.45) is 5.92 Å². The molecule has 1 aromatic carbocycles. The van der Waals surface area contributed by atoms with Gasteiger partial charge in [0.2, 0.25) is 0 Å². The zero-order chi connectivity index (χ0) is 18.9. The first kappa shape index (κ1) is 19.6. The maximum atomic E-state index is 8.84. The molecule has 1 aliphatic rings. The van der Waals surface area contributed by atoms with E-state index in [-0.39, 0.29) is 0 Å². The Morgan fingerprint density at radius 2 is 1.96 bits per heavy atom. The number of piperidine rings is 1. The number of likely N-dealkylation sites (tertiary alicyclic amines) is 1. The Morgan fingerprint density at radius 3 is 2.70 bits per heavy atom. The predicted octanol–water partition coefficient (Wildman–Crippen LogP) is 3.68. The van der Waals surface area contributed by atoms with E-state index in [1.165, 1.54) is 44.5 Å². The minimum atomic E-state index is 0.483. The van der Waals surface area contributed by atoms with Crippen molar-refractivity contribution in [1.82, 2.24) is 20.0 Å². The first-order valence-corrected chi connectivity index (χ1v) is 10.2. The minimum absolute atomic E-state index is 0.483. The van der Waals surface area contributed by atoms with E-state index in [0.717, 1.165) is 30.3 Å². The summed E-state index contributed by atoms with van der Waals surface area (Å²) in [6.45, 7) is 8.53.